The van der Waals surface area contributed by atoms with E-state index in [1.54, 1.807) is 0 Å². The van der Waals surface area contributed by atoms with Crippen molar-refractivity contribution in [3.63, 3.8) is 0 Å². The summed E-state index contributed by atoms with van der Waals surface area (Å²) < 4.78 is 1.04. The Morgan fingerprint density at radius 2 is 2.11 bits per heavy atom. The summed E-state index contributed by atoms with van der Waals surface area (Å²) in [6.45, 7) is 3.69. The van der Waals surface area contributed by atoms with Crippen LogP contribution in [0.1, 0.15) is 19.8 Å². The Morgan fingerprint density at radius 1 is 1.44 bits per heavy atom. The largest absolute Gasteiger partial charge is 0.399 e. The molecule has 98 valence electrons. The summed E-state index contributed by atoms with van der Waals surface area (Å²) in [5.74, 6) is 0.181. The predicted octanol–water partition coefficient (Wildman–Crippen LogP) is 2.30. The zero-order chi connectivity index (χ0) is 13.1. The lowest BCUT2D eigenvalue weighted by Crippen LogP contribution is -2.39. The van der Waals surface area contributed by atoms with Crippen LogP contribution < -0.4 is 11.1 Å². The Hall–Kier alpha value is -0.980. The van der Waals surface area contributed by atoms with Gasteiger partial charge < -0.3 is 16.0 Å². The van der Waals surface area contributed by atoms with Crippen molar-refractivity contribution in [3.05, 3.63) is 21.8 Å². The van der Waals surface area contributed by atoms with Crippen LogP contribution in [0.25, 0.3) is 0 Å². The summed E-state index contributed by atoms with van der Waals surface area (Å²) >= 11 is 2.22. The first-order chi connectivity index (χ1) is 8.58. The topological polar surface area (TPSA) is 58.4 Å². The molecule has 1 amide bonds. The van der Waals surface area contributed by atoms with Crippen LogP contribution in [0.4, 0.5) is 11.4 Å². The Balaban J connectivity index is 2.01. The molecule has 1 aliphatic heterocycles. The fourth-order valence-electron chi connectivity index (χ4n) is 2.15. The molecule has 0 bridgehead atoms. The third-order valence-electron chi connectivity index (χ3n) is 3.15. The van der Waals surface area contributed by atoms with Gasteiger partial charge in [-0.15, -0.1) is 0 Å². The number of likely N-dealkylation sites (tertiary alicyclic amines) is 1. The summed E-state index contributed by atoms with van der Waals surface area (Å²) in [4.78, 5) is 14.1. The van der Waals surface area contributed by atoms with Gasteiger partial charge in [0.1, 0.15) is 6.04 Å². The van der Waals surface area contributed by atoms with Gasteiger partial charge in [0.15, 0.2) is 0 Å². The fraction of sp³-hybridized carbons (Fsp3) is 0.462. The molecule has 1 heterocycles. The highest BCUT2D eigenvalue weighted by Crippen LogP contribution is 2.22. The van der Waals surface area contributed by atoms with Crippen molar-refractivity contribution in [1.82, 2.24) is 4.90 Å². The maximum absolute atomic E-state index is 12.2. The van der Waals surface area contributed by atoms with E-state index in [4.69, 9.17) is 5.73 Å². The number of carbonyl (C=O) groups is 1. The van der Waals surface area contributed by atoms with E-state index in [0.29, 0.717) is 0 Å². The van der Waals surface area contributed by atoms with Gasteiger partial charge in [-0.25, -0.2) is 0 Å². The average molecular weight is 359 g/mol. The lowest BCUT2D eigenvalue weighted by Gasteiger charge is -2.22. The second-order valence-electron chi connectivity index (χ2n) is 4.64. The van der Waals surface area contributed by atoms with Gasteiger partial charge in [0.25, 0.3) is 0 Å². The van der Waals surface area contributed by atoms with Gasteiger partial charge in [0.2, 0.25) is 5.91 Å². The highest BCUT2D eigenvalue weighted by atomic mass is 127. The number of carbonyl (C=O) groups excluding carboxylic acids is 1. The number of amides is 1. The minimum atomic E-state index is -0.194. The fourth-order valence-corrected chi connectivity index (χ4v) is 2.85. The highest BCUT2D eigenvalue weighted by Gasteiger charge is 2.23. The van der Waals surface area contributed by atoms with E-state index in [1.165, 1.54) is 0 Å². The third-order valence-corrected chi connectivity index (χ3v) is 4.05. The van der Waals surface area contributed by atoms with Gasteiger partial charge in [0.05, 0.1) is 0 Å². The first-order valence-corrected chi connectivity index (χ1v) is 7.26. The molecule has 0 aromatic heterocycles. The van der Waals surface area contributed by atoms with Crippen LogP contribution >= 0.6 is 22.6 Å². The zero-order valence-electron chi connectivity index (χ0n) is 10.4. The van der Waals surface area contributed by atoms with Gasteiger partial charge in [-0.1, -0.05) is 0 Å². The molecule has 1 atom stereocenters. The Kier molecular flexibility index (Phi) is 4.31. The van der Waals surface area contributed by atoms with Crippen molar-refractivity contribution in [2.75, 3.05) is 24.1 Å². The maximum atomic E-state index is 12.2. The van der Waals surface area contributed by atoms with Gasteiger partial charge in [-0.05, 0) is 60.6 Å². The van der Waals surface area contributed by atoms with Crippen molar-refractivity contribution >= 4 is 39.9 Å². The van der Waals surface area contributed by atoms with E-state index in [-0.39, 0.29) is 11.9 Å². The van der Waals surface area contributed by atoms with Gasteiger partial charge in [-0.3, -0.25) is 4.79 Å². The SMILES string of the molecule is CC(Nc1ccc(N)cc1I)C(=O)N1CCCC1. The molecule has 5 heteroatoms. The second kappa shape index (κ2) is 5.77. The molecule has 0 radical (unpaired) electrons. The van der Waals surface area contributed by atoms with Crippen LogP contribution in [-0.4, -0.2) is 29.9 Å². The number of halogens is 1. The number of nitrogen functional groups attached to an aromatic ring is 1. The molecule has 0 saturated carbocycles. The zero-order valence-corrected chi connectivity index (χ0v) is 12.6. The van der Waals surface area contributed by atoms with Crippen LogP contribution in [0.2, 0.25) is 0 Å². The first-order valence-electron chi connectivity index (χ1n) is 6.18. The Morgan fingerprint density at radius 3 is 2.72 bits per heavy atom. The molecule has 3 N–H and O–H groups in total. The number of nitrogens with zero attached hydrogens (tertiary/aromatic N) is 1. The molecular weight excluding hydrogens is 341 g/mol. The molecule has 1 aromatic rings. The number of anilines is 2. The smallest absolute Gasteiger partial charge is 0.244 e. The number of rotatable bonds is 3. The number of benzene rings is 1. The summed E-state index contributed by atoms with van der Waals surface area (Å²) in [6.07, 6.45) is 2.25. The summed E-state index contributed by atoms with van der Waals surface area (Å²) in [5, 5.41) is 3.26. The van der Waals surface area contributed by atoms with Gasteiger partial charge in [-0.2, -0.15) is 0 Å². The average Bonchev–Trinajstić information content (AvgIpc) is 2.85. The van der Waals surface area contributed by atoms with Gasteiger partial charge in [0, 0.05) is 28.0 Å². The molecule has 1 unspecified atom stereocenters. The van der Waals surface area contributed by atoms with Crippen molar-refractivity contribution in [2.45, 2.75) is 25.8 Å². The molecule has 0 spiro atoms. The third kappa shape index (κ3) is 3.07. The molecule has 0 aliphatic carbocycles. The van der Waals surface area contributed by atoms with E-state index < -0.39 is 0 Å². The van der Waals surface area contributed by atoms with Crippen molar-refractivity contribution < 1.29 is 4.79 Å². The van der Waals surface area contributed by atoms with Crippen molar-refractivity contribution in [1.29, 1.82) is 0 Å². The Bertz CT molecular complexity index is 444. The standard InChI is InChI=1S/C13H18IN3O/c1-9(13(18)17-6-2-3-7-17)16-12-5-4-10(15)8-11(12)14/h4-5,8-9,16H,2-3,6-7,15H2,1H3. The normalized spacial score (nSPS) is 16.7. The number of hydrogen-bond acceptors (Lipinski definition) is 3. The minimum absolute atomic E-state index is 0.181. The monoisotopic (exact) mass is 359 g/mol. The Labute approximate surface area is 121 Å². The van der Waals surface area contributed by atoms with Crippen LogP contribution in [0.3, 0.4) is 0 Å². The minimum Gasteiger partial charge on any atom is -0.399 e. The van der Waals surface area contributed by atoms with Crippen LogP contribution in [-0.2, 0) is 4.79 Å². The number of nitrogens with two attached hydrogens (primary N) is 1. The van der Waals surface area contributed by atoms with Gasteiger partial charge >= 0.3 is 0 Å². The molecular formula is C13H18IN3O. The second-order valence-corrected chi connectivity index (χ2v) is 5.80. The van der Waals surface area contributed by atoms with Crippen molar-refractivity contribution in [2.24, 2.45) is 0 Å². The highest BCUT2D eigenvalue weighted by molar-refractivity contribution is 14.1. The number of hydrogen-bond donors (Lipinski definition) is 2. The quantitative estimate of drug-likeness (QED) is 0.643. The van der Waals surface area contributed by atoms with E-state index in [0.717, 1.165) is 40.9 Å². The molecule has 1 fully saturated rings. The van der Waals surface area contributed by atoms with E-state index >= 15 is 0 Å². The first kappa shape index (κ1) is 13.5. The molecule has 1 saturated heterocycles. The lowest BCUT2D eigenvalue weighted by molar-refractivity contribution is -0.130. The maximum Gasteiger partial charge on any atom is 0.244 e. The predicted molar refractivity (Wildman–Crippen MR) is 82.5 cm³/mol. The number of nitrogens with one attached hydrogen (secondary N) is 1. The van der Waals surface area contributed by atoms with E-state index in [1.807, 2.05) is 30.0 Å². The summed E-state index contributed by atoms with van der Waals surface area (Å²) in [5.41, 5.74) is 7.41. The molecule has 18 heavy (non-hydrogen) atoms. The van der Waals surface area contributed by atoms with Crippen LogP contribution in [0.5, 0.6) is 0 Å². The molecule has 2 rings (SSSR count). The van der Waals surface area contributed by atoms with Crippen LogP contribution in [0, 0.1) is 3.57 Å². The summed E-state index contributed by atoms with van der Waals surface area (Å²) in [7, 11) is 0. The van der Waals surface area contributed by atoms with Crippen molar-refractivity contribution in [3.8, 4) is 0 Å². The molecule has 1 aromatic carbocycles. The van der Waals surface area contributed by atoms with E-state index in [2.05, 4.69) is 27.9 Å². The lowest BCUT2D eigenvalue weighted by atomic mass is 10.2. The van der Waals surface area contributed by atoms with Crippen LogP contribution in [0.15, 0.2) is 18.2 Å². The van der Waals surface area contributed by atoms with E-state index in [9.17, 15) is 4.79 Å². The summed E-state index contributed by atoms with van der Waals surface area (Å²) in [6, 6.07) is 5.47. The molecule has 4 nitrogen and oxygen atoms in total. The molecule has 1 aliphatic rings.